The molecule has 1 N–H and O–H groups in total. The Morgan fingerprint density at radius 3 is 2.54 bits per heavy atom. The van der Waals surface area contributed by atoms with Gasteiger partial charge in [-0.3, -0.25) is 14.4 Å². The van der Waals surface area contributed by atoms with Gasteiger partial charge < -0.3 is 15.0 Å². The van der Waals surface area contributed by atoms with Crippen LogP contribution in [0.2, 0.25) is 0 Å². The van der Waals surface area contributed by atoms with E-state index in [0.29, 0.717) is 23.8 Å². The number of ether oxygens (including phenoxy) is 1. The molecule has 11 heteroatoms. The van der Waals surface area contributed by atoms with E-state index < -0.39 is 12.1 Å². The maximum atomic E-state index is 13.6. The van der Waals surface area contributed by atoms with Crippen LogP contribution in [-0.2, 0) is 14.3 Å². The molecule has 5 rings (SSSR count). The van der Waals surface area contributed by atoms with Gasteiger partial charge in [0, 0.05) is 37.1 Å². The maximum Gasteiger partial charge on any atom is 0.280 e. The van der Waals surface area contributed by atoms with Gasteiger partial charge >= 0.3 is 0 Å². The van der Waals surface area contributed by atoms with Crippen molar-refractivity contribution in [2.75, 3.05) is 19.5 Å². The molecule has 3 fully saturated rings. The summed E-state index contributed by atoms with van der Waals surface area (Å²) in [7, 11) is 0. The van der Waals surface area contributed by atoms with Gasteiger partial charge in [-0.2, -0.15) is 0 Å². The van der Waals surface area contributed by atoms with Crippen molar-refractivity contribution >= 4 is 40.5 Å². The highest BCUT2D eigenvalue weighted by molar-refractivity contribution is 7.16. The number of carbonyl (C=O) groups is 3. The number of rotatable bonds is 5. The van der Waals surface area contributed by atoms with Crippen molar-refractivity contribution in [1.82, 2.24) is 25.2 Å². The molecular formula is C24H30ClN5O4S. The number of hydrogen-bond acceptors (Lipinski definition) is 8. The first-order valence-electron chi connectivity index (χ1n) is 11.9. The number of hydrogen-bond donors (Lipinski definition) is 1. The molecule has 0 aromatic carbocycles. The standard InChI is InChI=1S/C23H27N5O4S.CH3Cl/c1-13-24-9-15(10-25-13)18-11-26-22(33-18)21(30)27-19(14-5-3-2-4-6-14)23(31)28-8-7-17-20(28)16(29)12-32-17;1-2/h9-11,14,17,19-20H,2-8,12H2,1H3,(H,27,30);1H3/t17-,19?,20-;/m1./s1. The Morgan fingerprint density at radius 2 is 1.83 bits per heavy atom. The summed E-state index contributed by atoms with van der Waals surface area (Å²) in [6.45, 7) is 2.35. The van der Waals surface area contributed by atoms with Crippen LogP contribution in [0.25, 0.3) is 10.4 Å². The van der Waals surface area contributed by atoms with Crippen molar-refractivity contribution in [2.45, 2.75) is 63.6 Å². The maximum absolute atomic E-state index is 13.6. The predicted octanol–water partition coefficient (Wildman–Crippen LogP) is 3.01. The lowest BCUT2D eigenvalue weighted by atomic mass is 9.83. The summed E-state index contributed by atoms with van der Waals surface area (Å²) >= 11 is 5.89. The highest BCUT2D eigenvalue weighted by Gasteiger charge is 2.49. The molecule has 3 aliphatic rings. The quantitative estimate of drug-likeness (QED) is 0.604. The zero-order valence-corrected chi connectivity index (χ0v) is 21.5. The fourth-order valence-corrected chi connectivity index (χ4v) is 5.90. The van der Waals surface area contributed by atoms with Crippen molar-refractivity contribution in [2.24, 2.45) is 5.92 Å². The number of Topliss-reactive ketones (excluding diaryl/α,β-unsaturated/α-hetero) is 1. The van der Waals surface area contributed by atoms with E-state index >= 15 is 0 Å². The molecule has 2 saturated heterocycles. The van der Waals surface area contributed by atoms with Crippen molar-refractivity contribution in [3.63, 3.8) is 0 Å². The van der Waals surface area contributed by atoms with E-state index in [0.717, 1.165) is 42.5 Å². The van der Waals surface area contributed by atoms with Gasteiger partial charge in [-0.05, 0) is 32.1 Å². The second-order valence-corrected chi connectivity index (χ2v) is 10.0. The number of aryl methyl sites for hydroxylation is 1. The van der Waals surface area contributed by atoms with E-state index in [4.69, 9.17) is 4.74 Å². The van der Waals surface area contributed by atoms with E-state index in [-0.39, 0.29) is 36.2 Å². The number of amides is 2. The number of ketones is 1. The van der Waals surface area contributed by atoms with Crippen LogP contribution in [0, 0.1) is 12.8 Å². The minimum absolute atomic E-state index is 0.0514. The van der Waals surface area contributed by atoms with E-state index in [1.807, 2.05) is 6.92 Å². The predicted molar refractivity (Wildman–Crippen MR) is 132 cm³/mol. The molecule has 0 bridgehead atoms. The Hall–Kier alpha value is -2.43. The average molecular weight is 520 g/mol. The Bertz CT molecular complexity index is 1060. The molecule has 2 aliphatic heterocycles. The summed E-state index contributed by atoms with van der Waals surface area (Å²) in [4.78, 5) is 54.2. The van der Waals surface area contributed by atoms with Gasteiger partial charge in [-0.15, -0.1) is 22.9 Å². The van der Waals surface area contributed by atoms with Crippen molar-refractivity contribution in [3.05, 3.63) is 29.4 Å². The highest BCUT2D eigenvalue weighted by atomic mass is 35.5. The van der Waals surface area contributed by atoms with Crippen molar-refractivity contribution in [1.29, 1.82) is 0 Å². The number of aromatic nitrogens is 3. The Labute approximate surface area is 213 Å². The van der Waals surface area contributed by atoms with Crippen LogP contribution in [0.5, 0.6) is 0 Å². The number of likely N-dealkylation sites (tertiary alicyclic amines) is 1. The van der Waals surface area contributed by atoms with Gasteiger partial charge in [-0.1, -0.05) is 19.3 Å². The fourth-order valence-electron chi connectivity index (χ4n) is 5.10. The van der Waals surface area contributed by atoms with Crippen LogP contribution in [-0.4, -0.2) is 75.2 Å². The molecule has 188 valence electrons. The third kappa shape index (κ3) is 5.54. The molecule has 35 heavy (non-hydrogen) atoms. The van der Waals surface area contributed by atoms with Gasteiger partial charge in [0.25, 0.3) is 5.91 Å². The first-order valence-corrected chi connectivity index (χ1v) is 13.5. The molecular weight excluding hydrogens is 490 g/mol. The lowest BCUT2D eigenvalue weighted by molar-refractivity contribution is -0.139. The number of halogens is 1. The van der Waals surface area contributed by atoms with Gasteiger partial charge in [0.05, 0.1) is 11.0 Å². The molecule has 2 aromatic heterocycles. The van der Waals surface area contributed by atoms with E-state index in [9.17, 15) is 14.4 Å². The zero-order valence-electron chi connectivity index (χ0n) is 19.9. The van der Waals surface area contributed by atoms with Gasteiger partial charge in [0.15, 0.2) is 10.8 Å². The first kappa shape index (κ1) is 25.7. The number of nitrogens with one attached hydrogen (secondary N) is 1. The molecule has 2 aromatic rings. The summed E-state index contributed by atoms with van der Waals surface area (Å²) in [6.07, 6.45) is 11.9. The molecule has 9 nitrogen and oxygen atoms in total. The third-order valence-electron chi connectivity index (χ3n) is 6.83. The number of thiazole rings is 1. The molecule has 0 spiro atoms. The van der Waals surface area contributed by atoms with Crippen LogP contribution >= 0.6 is 22.9 Å². The summed E-state index contributed by atoms with van der Waals surface area (Å²) in [6, 6.07) is -1.19. The fraction of sp³-hybridized carbons (Fsp3) is 0.583. The molecule has 3 atom stereocenters. The van der Waals surface area contributed by atoms with Gasteiger partial charge in [0.1, 0.15) is 24.5 Å². The lowest BCUT2D eigenvalue weighted by Crippen LogP contribution is -2.55. The molecule has 1 unspecified atom stereocenters. The van der Waals surface area contributed by atoms with Gasteiger partial charge in [-0.25, -0.2) is 15.0 Å². The summed E-state index contributed by atoms with van der Waals surface area (Å²) in [5, 5.41) is 3.27. The van der Waals surface area contributed by atoms with Crippen LogP contribution in [0.4, 0.5) is 0 Å². The summed E-state index contributed by atoms with van der Waals surface area (Å²) < 4.78 is 5.55. The molecule has 0 radical (unpaired) electrons. The molecule has 2 amide bonds. The van der Waals surface area contributed by atoms with E-state index in [2.05, 4.69) is 31.9 Å². The second-order valence-electron chi connectivity index (χ2n) is 8.98. The van der Waals surface area contributed by atoms with Gasteiger partial charge in [0.2, 0.25) is 5.91 Å². The van der Waals surface area contributed by atoms with E-state index in [1.54, 1.807) is 23.5 Å². The summed E-state index contributed by atoms with van der Waals surface area (Å²) in [5.41, 5.74) is 0.792. The summed E-state index contributed by atoms with van der Waals surface area (Å²) in [5.74, 6) is 0.129. The molecule has 4 heterocycles. The minimum Gasteiger partial charge on any atom is -0.368 e. The number of fused-ring (bicyclic) bond motifs is 1. The number of alkyl halides is 1. The Kier molecular flexibility index (Phi) is 8.46. The first-order chi connectivity index (χ1) is 17.0. The minimum atomic E-state index is -0.667. The van der Waals surface area contributed by atoms with Crippen molar-refractivity contribution < 1.29 is 19.1 Å². The van der Waals surface area contributed by atoms with Crippen LogP contribution < -0.4 is 5.32 Å². The smallest absolute Gasteiger partial charge is 0.280 e. The van der Waals surface area contributed by atoms with Crippen LogP contribution in [0.15, 0.2) is 18.6 Å². The van der Waals surface area contributed by atoms with Crippen molar-refractivity contribution in [3.8, 4) is 10.4 Å². The largest absolute Gasteiger partial charge is 0.368 e. The molecule has 1 saturated carbocycles. The highest BCUT2D eigenvalue weighted by Crippen LogP contribution is 2.32. The van der Waals surface area contributed by atoms with Crippen LogP contribution in [0.3, 0.4) is 0 Å². The normalized spacial score (nSPS) is 22.8. The Morgan fingerprint density at radius 1 is 1.11 bits per heavy atom. The van der Waals surface area contributed by atoms with E-state index in [1.165, 1.54) is 17.7 Å². The third-order valence-corrected chi connectivity index (χ3v) is 7.88. The SMILES string of the molecule is CCl.Cc1ncc(-c2cnc(C(=O)NC(C(=O)N3CC[C@H]4OCC(=O)[C@H]43)C3CCCCC3)s2)cn1. The topological polar surface area (TPSA) is 114 Å². The Balaban J connectivity index is 0.00000141. The number of nitrogens with zero attached hydrogens (tertiary/aromatic N) is 4. The second kappa shape index (κ2) is 11.5. The van der Waals surface area contributed by atoms with Crippen LogP contribution in [0.1, 0.15) is 54.2 Å². The zero-order chi connectivity index (χ0) is 24.9. The molecule has 1 aliphatic carbocycles. The lowest BCUT2D eigenvalue weighted by Gasteiger charge is -2.34. The number of carbonyl (C=O) groups excluding carboxylic acids is 3. The average Bonchev–Trinajstić information content (AvgIpc) is 3.63. The monoisotopic (exact) mass is 519 g/mol.